The van der Waals surface area contributed by atoms with Gasteiger partial charge in [-0.3, -0.25) is 4.98 Å². The summed E-state index contributed by atoms with van der Waals surface area (Å²) in [6.45, 7) is 1.01. The molecular weight excluding hydrogens is 231 g/mol. The van der Waals surface area contributed by atoms with Crippen LogP contribution in [0.15, 0.2) is 6.20 Å². The first kappa shape index (κ1) is 12.8. The van der Waals surface area contributed by atoms with Gasteiger partial charge in [0.2, 0.25) is 0 Å². The van der Waals surface area contributed by atoms with Gasteiger partial charge in [0, 0.05) is 12.7 Å². The molecule has 0 spiro atoms. The fourth-order valence-corrected chi connectivity index (χ4v) is 1.40. The highest BCUT2D eigenvalue weighted by atomic mass is 19.4. The van der Waals surface area contributed by atoms with E-state index in [4.69, 9.17) is 5.73 Å². The maximum atomic E-state index is 12.6. The van der Waals surface area contributed by atoms with Gasteiger partial charge in [0.15, 0.2) is 5.69 Å². The molecule has 0 amide bonds. The molecule has 0 aliphatic carbocycles. The van der Waals surface area contributed by atoms with Crippen LogP contribution in [0.4, 0.5) is 22.0 Å². The smallest absolute Gasteiger partial charge is 0.326 e. The van der Waals surface area contributed by atoms with Crippen molar-refractivity contribution in [2.45, 2.75) is 26.1 Å². The first-order valence-electron chi connectivity index (χ1n) is 4.32. The molecule has 0 fully saturated rings. The molecule has 0 radical (unpaired) electrons. The molecule has 2 nitrogen and oxygen atoms in total. The lowest BCUT2D eigenvalue weighted by Gasteiger charge is -2.16. The zero-order valence-corrected chi connectivity index (χ0v) is 8.28. The summed E-state index contributed by atoms with van der Waals surface area (Å²) in [5, 5.41) is 0. The van der Waals surface area contributed by atoms with Crippen LogP contribution in [-0.2, 0) is 12.7 Å². The summed E-state index contributed by atoms with van der Waals surface area (Å²) >= 11 is 0. The van der Waals surface area contributed by atoms with Crippen molar-refractivity contribution < 1.29 is 22.0 Å². The van der Waals surface area contributed by atoms with Crippen LogP contribution in [0.5, 0.6) is 0 Å². The number of aryl methyl sites for hydroxylation is 1. The van der Waals surface area contributed by atoms with Crippen LogP contribution in [0.25, 0.3) is 0 Å². The van der Waals surface area contributed by atoms with Crippen molar-refractivity contribution in [3.05, 3.63) is 28.6 Å². The Balaban J connectivity index is 3.52. The third kappa shape index (κ3) is 2.29. The molecule has 2 N–H and O–H groups in total. The van der Waals surface area contributed by atoms with E-state index in [1.807, 2.05) is 0 Å². The summed E-state index contributed by atoms with van der Waals surface area (Å²) in [7, 11) is 0. The van der Waals surface area contributed by atoms with Crippen LogP contribution >= 0.6 is 0 Å². The standard InChI is InChI=1S/C9H9F5N2/c1-4-3-16-7(9(12,13)14)6(8(10)11)5(4)2-15/h3,8H,2,15H2,1H3. The summed E-state index contributed by atoms with van der Waals surface area (Å²) in [6.07, 6.45) is -7.25. The Hall–Kier alpha value is -1.24. The monoisotopic (exact) mass is 240 g/mol. The first-order chi connectivity index (χ1) is 7.29. The van der Waals surface area contributed by atoms with E-state index in [0.717, 1.165) is 6.20 Å². The minimum absolute atomic E-state index is 0.197. The highest BCUT2D eigenvalue weighted by Crippen LogP contribution is 2.37. The molecule has 0 saturated carbocycles. The van der Waals surface area contributed by atoms with E-state index < -0.39 is 23.9 Å². The predicted molar refractivity (Wildman–Crippen MR) is 46.8 cm³/mol. The van der Waals surface area contributed by atoms with Crippen molar-refractivity contribution in [3.8, 4) is 0 Å². The first-order valence-corrected chi connectivity index (χ1v) is 4.32. The fourth-order valence-electron chi connectivity index (χ4n) is 1.40. The molecule has 0 bridgehead atoms. The second kappa shape index (κ2) is 4.32. The summed E-state index contributed by atoms with van der Waals surface area (Å²) in [4.78, 5) is 3.02. The van der Waals surface area contributed by atoms with Crippen LogP contribution in [0.2, 0.25) is 0 Å². The summed E-state index contributed by atoms with van der Waals surface area (Å²) in [5.41, 5.74) is 2.53. The van der Waals surface area contributed by atoms with Gasteiger partial charge in [-0.05, 0) is 18.1 Å². The molecule has 0 atom stereocenters. The number of hydrogen-bond donors (Lipinski definition) is 1. The number of alkyl halides is 5. The molecule has 1 aromatic rings. The SMILES string of the molecule is Cc1cnc(C(F)(F)F)c(C(F)F)c1CN. The zero-order valence-electron chi connectivity index (χ0n) is 8.28. The molecule has 0 aliphatic rings. The lowest BCUT2D eigenvalue weighted by molar-refractivity contribution is -0.143. The van der Waals surface area contributed by atoms with E-state index >= 15 is 0 Å². The average molecular weight is 240 g/mol. The van der Waals surface area contributed by atoms with Crippen LogP contribution in [0.3, 0.4) is 0 Å². The zero-order chi connectivity index (χ0) is 12.5. The fraction of sp³-hybridized carbons (Fsp3) is 0.444. The molecule has 0 aliphatic heterocycles. The van der Waals surface area contributed by atoms with Gasteiger partial charge in [0.25, 0.3) is 6.43 Å². The molecule has 16 heavy (non-hydrogen) atoms. The summed E-state index contributed by atoms with van der Waals surface area (Å²) < 4.78 is 62.4. The van der Waals surface area contributed by atoms with Crippen LogP contribution in [0, 0.1) is 6.92 Å². The van der Waals surface area contributed by atoms with Gasteiger partial charge < -0.3 is 5.73 Å². The number of pyridine rings is 1. The second-order valence-electron chi connectivity index (χ2n) is 3.18. The molecule has 90 valence electrons. The van der Waals surface area contributed by atoms with Gasteiger partial charge in [0.05, 0.1) is 5.56 Å². The Kier molecular flexibility index (Phi) is 3.47. The van der Waals surface area contributed by atoms with Gasteiger partial charge in [-0.2, -0.15) is 13.2 Å². The van der Waals surface area contributed by atoms with Crippen molar-refractivity contribution in [3.63, 3.8) is 0 Å². The quantitative estimate of drug-likeness (QED) is 0.807. The minimum Gasteiger partial charge on any atom is -0.326 e. The van der Waals surface area contributed by atoms with E-state index in [1.54, 1.807) is 0 Å². The van der Waals surface area contributed by atoms with Crippen molar-refractivity contribution >= 4 is 0 Å². The topological polar surface area (TPSA) is 38.9 Å². The highest BCUT2D eigenvalue weighted by Gasteiger charge is 2.39. The van der Waals surface area contributed by atoms with E-state index in [2.05, 4.69) is 4.98 Å². The summed E-state index contributed by atoms with van der Waals surface area (Å²) in [6, 6.07) is 0. The molecule has 1 aromatic heterocycles. The predicted octanol–water partition coefficient (Wildman–Crippen LogP) is 2.81. The third-order valence-corrected chi connectivity index (χ3v) is 2.13. The molecule has 0 aromatic carbocycles. The largest absolute Gasteiger partial charge is 0.433 e. The average Bonchev–Trinajstić information content (AvgIpc) is 2.14. The maximum absolute atomic E-state index is 12.6. The normalized spacial score (nSPS) is 12.2. The van der Waals surface area contributed by atoms with Gasteiger partial charge in [0.1, 0.15) is 0 Å². The molecule has 0 unspecified atom stereocenters. The maximum Gasteiger partial charge on any atom is 0.433 e. The van der Waals surface area contributed by atoms with Crippen LogP contribution in [-0.4, -0.2) is 4.98 Å². The molecule has 1 heterocycles. The molecule has 7 heteroatoms. The minimum atomic E-state index is -4.90. The lowest BCUT2D eigenvalue weighted by Crippen LogP contribution is -2.17. The van der Waals surface area contributed by atoms with Crippen LogP contribution < -0.4 is 5.73 Å². The Labute approximate surface area is 88.3 Å². The van der Waals surface area contributed by atoms with E-state index in [0.29, 0.717) is 0 Å². The summed E-state index contributed by atoms with van der Waals surface area (Å²) in [5.74, 6) is 0. The van der Waals surface area contributed by atoms with Crippen molar-refractivity contribution in [1.29, 1.82) is 0 Å². The van der Waals surface area contributed by atoms with Gasteiger partial charge >= 0.3 is 6.18 Å². The van der Waals surface area contributed by atoms with Gasteiger partial charge in [-0.1, -0.05) is 0 Å². The lowest BCUT2D eigenvalue weighted by atomic mass is 10.0. The number of nitrogens with zero attached hydrogens (tertiary/aromatic N) is 1. The van der Waals surface area contributed by atoms with Crippen LogP contribution in [0.1, 0.15) is 28.8 Å². The Morgan fingerprint density at radius 3 is 2.31 bits per heavy atom. The Bertz CT molecular complexity index is 386. The van der Waals surface area contributed by atoms with Crippen molar-refractivity contribution in [2.24, 2.45) is 5.73 Å². The Morgan fingerprint density at radius 1 is 1.38 bits per heavy atom. The molecular formula is C9H9F5N2. The number of aromatic nitrogens is 1. The van der Waals surface area contributed by atoms with Gasteiger partial charge in [-0.25, -0.2) is 8.78 Å². The number of rotatable bonds is 2. The van der Waals surface area contributed by atoms with Crippen molar-refractivity contribution in [2.75, 3.05) is 0 Å². The molecule has 1 rings (SSSR count). The second-order valence-corrected chi connectivity index (χ2v) is 3.18. The van der Waals surface area contributed by atoms with E-state index in [-0.39, 0.29) is 17.7 Å². The Morgan fingerprint density at radius 2 is 1.94 bits per heavy atom. The van der Waals surface area contributed by atoms with Crippen molar-refractivity contribution in [1.82, 2.24) is 4.98 Å². The number of halogens is 5. The van der Waals surface area contributed by atoms with Gasteiger partial charge in [-0.15, -0.1) is 0 Å². The molecule has 0 saturated heterocycles. The number of nitrogens with two attached hydrogens (primary N) is 1. The van der Waals surface area contributed by atoms with E-state index in [1.165, 1.54) is 6.92 Å². The highest BCUT2D eigenvalue weighted by molar-refractivity contribution is 5.38. The third-order valence-electron chi connectivity index (χ3n) is 2.13. The van der Waals surface area contributed by atoms with E-state index in [9.17, 15) is 22.0 Å². The number of hydrogen-bond acceptors (Lipinski definition) is 2.